The maximum Gasteiger partial charge on any atom is 0.349 e. The van der Waals surface area contributed by atoms with Gasteiger partial charge >= 0.3 is 5.97 Å². The maximum absolute atomic E-state index is 12.2. The third-order valence-electron chi connectivity index (χ3n) is 2.74. The monoisotopic (exact) mass is 305 g/mol. The summed E-state index contributed by atoms with van der Waals surface area (Å²) in [6.07, 6.45) is 1.38. The molecule has 2 rings (SSSR count). The van der Waals surface area contributed by atoms with Gasteiger partial charge in [-0.3, -0.25) is 10.1 Å². The van der Waals surface area contributed by atoms with Crippen LogP contribution in [0.3, 0.4) is 0 Å². The lowest BCUT2D eigenvalue weighted by atomic mass is 10.2. The number of rotatable bonds is 4. The number of benzene rings is 1. The van der Waals surface area contributed by atoms with Crippen molar-refractivity contribution in [2.45, 2.75) is 0 Å². The third-order valence-corrected chi connectivity index (χ3v) is 3.63. The van der Waals surface area contributed by atoms with Crippen molar-refractivity contribution in [1.82, 2.24) is 4.98 Å². The average Bonchev–Trinajstić information content (AvgIpc) is 2.95. The number of ether oxygens (including phenoxy) is 1. The number of hydrogen-bond donors (Lipinski definition) is 1. The largest absolute Gasteiger partial charge is 0.465 e. The first kappa shape index (κ1) is 15.0. The van der Waals surface area contributed by atoms with Crippen molar-refractivity contribution in [2.24, 2.45) is 0 Å². The van der Waals surface area contributed by atoms with Gasteiger partial charge in [0.25, 0.3) is 5.91 Å². The molecule has 0 radical (unpaired) electrons. The zero-order chi connectivity index (χ0) is 15.4. The molecule has 110 valence electrons. The normalized spacial score (nSPS) is 10.0. The van der Waals surface area contributed by atoms with Crippen LogP contribution in [0.5, 0.6) is 0 Å². The Kier molecular flexibility index (Phi) is 4.54. The molecule has 0 aliphatic rings. The second kappa shape index (κ2) is 6.36. The fourth-order valence-electron chi connectivity index (χ4n) is 1.62. The molecule has 0 fully saturated rings. The highest BCUT2D eigenvalue weighted by molar-refractivity contribution is 7.17. The summed E-state index contributed by atoms with van der Waals surface area (Å²) in [5.74, 6) is -0.743. The number of anilines is 2. The number of carbonyl (C=O) groups excluding carboxylic acids is 2. The van der Waals surface area contributed by atoms with Gasteiger partial charge in [0.15, 0.2) is 5.13 Å². The minimum atomic E-state index is -0.470. The highest BCUT2D eigenvalue weighted by Gasteiger charge is 2.13. The van der Waals surface area contributed by atoms with Gasteiger partial charge in [0.05, 0.1) is 13.3 Å². The Morgan fingerprint density at radius 1 is 1.33 bits per heavy atom. The van der Waals surface area contributed by atoms with Crippen LogP contribution >= 0.6 is 11.3 Å². The summed E-state index contributed by atoms with van der Waals surface area (Å²) in [5.41, 5.74) is 1.45. The van der Waals surface area contributed by atoms with Crippen molar-refractivity contribution in [2.75, 3.05) is 31.4 Å². The van der Waals surface area contributed by atoms with Crippen LogP contribution in [0.4, 0.5) is 10.8 Å². The maximum atomic E-state index is 12.2. The molecular weight excluding hydrogens is 290 g/mol. The van der Waals surface area contributed by atoms with Gasteiger partial charge in [-0.05, 0) is 18.2 Å². The minimum Gasteiger partial charge on any atom is -0.465 e. The molecule has 1 amide bonds. The van der Waals surface area contributed by atoms with E-state index in [0.717, 1.165) is 17.0 Å². The molecule has 0 aliphatic carbocycles. The van der Waals surface area contributed by atoms with E-state index in [0.29, 0.717) is 15.6 Å². The van der Waals surface area contributed by atoms with Gasteiger partial charge < -0.3 is 9.64 Å². The molecule has 0 saturated carbocycles. The zero-order valence-electron chi connectivity index (χ0n) is 11.9. The Bertz CT molecular complexity index is 667. The van der Waals surface area contributed by atoms with Gasteiger partial charge in [0.1, 0.15) is 4.88 Å². The molecule has 0 bridgehead atoms. The van der Waals surface area contributed by atoms with E-state index < -0.39 is 5.97 Å². The lowest BCUT2D eigenvalue weighted by Gasteiger charge is -2.13. The summed E-state index contributed by atoms with van der Waals surface area (Å²) in [5, 5.41) is 3.02. The second-order valence-corrected chi connectivity index (χ2v) is 5.45. The van der Waals surface area contributed by atoms with Gasteiger partial charge in [0.2, 0.25) is 0 Å². The SMILES string of the molecule is COC(=O)c1cnc(NC(=O)c2cccc(N(C)C)c2)s1. The number of carbonyl (C=O) groups is 2. The molecule has 21 heavy (non-hydrogen) atoms. The molecule has 1 heterocycles. The van der Waals surface area contributed by atoms with E-state index in [4.69, 9.17) is 0 Å². The Labute approximate surface area is 126 Å². The van der Waals surface area contributed by atoms with Crippen LogP contribution in [0.2, 0.25) is 0 Å². The van der Waals surface area contributed by atoms with Crippen LogP contribution in [0.25, 0.3) is 0 Å². The van der Waals surface area contributed by atoms with Crippen molar-refractivity contribution in [1.29, 1.82) is 0 Å². The van der Waals surface area contributed by atoms with Crippen LogP contribution in [0, 0.1) is 0 Å². The van der Waals surface area contributed by atoms with E-state index in [2.05, 4.69) is 15.0 Å². The van der Waals surface area contributed by atoms with E-state index in [1.807, 2.05) is 31.1 Å². The predicted octanol–water partition coefficient (Wildman–Crippen LogP) is 2.25. The molecule has 6 nitrogen and oxygen atoms in total. The molecular formula is C14H15N3O3S. The Hall–Kier alpha value is -2.41. The lowest BCUT2D eigenvalue weighted by molar-refractivity contribution is 0.0606. The molecule has 7 heteroatoms. The van der Waals surface area contributed by atoms with Gasteiger partial charge in [-0.25, -0.2) is 9.78 Å². The Balaban J connectivity index is 2.12. The molecule has 1 aromatic heterocycles. The van der Waals surface area contributed by atoms with Crippen molar-refractivity contribution in [3.63, 3.8) is 0 Å². The predicted molar refractivity (Wildman–Crippen MR) is 82.2 cm³/mol. The Morgan fingerprint density at radius 3 is 2.76 bits per heavy atom. The summed E-state index contributed by atoms with van der Waals surface area (Å²) < 4.78 is 4.59. The summed E-state index contributed by atoms with van der Waals surface area (Å²) in [6.45, 7) is 0. The van der Waals surface area contributed by atoms with Gasteiger partial charge in [-0.15, -0.1) is 0 Å². The van der Waals surface area contributed by atoms with Crippen LogP contribution in [0.15, 0.2) is 30.5 Å². The number of esters is 1. The highest BCUT2D eigenvalue weighted by Crippen LogP contribution is 2.20. The van der Waals surface area contributed by atoms with Crippen LogP contribution in [-0.2, 0) is 4.74 Å². The lowest BCUT2D eigenvalue weighted by Crippen LogP contribution is -2.14. The van der Waals surface area contributed by atoms with Crippen LogP contribution < -0.4 is 10.2 Å². The number of hydrogen-bond acceptors (Lipinski definition) is 6. The van der Waals surface area contributed by atoms with Crippen molar-refractivity contribution in [3.8, 4) is 0 Å². The van der Waals surface area contributed by atoms with Crippen molar-refractivity contribution >= 4 is 34.0 Å². The first-order valence-corrected chi connectivity index (χ1v) is 6.96. The average molecular weight is 305 g/mol. The van der Waals surface area contributed by atoms with Crippen LogP contribution in [0.1, 0.15) is 20.0 Å². The number of methoxy groups -OCH3 is 1. The number of amides is 1. The van der Waals surface area contributed by atoms with Gasteiger partial charge in [-0.1, -0.05) is 17.4 Å². The first-order valence-electron chi connectivity index (χ1n) is 6.14. The van der Waals surface area contributed by atoms with E-state index in [9.17, 15) is 9.59 Å². The van der Waals surface area contributed by atoms with Gasteiger partial charge in [0, 0.05) is 25.3 Å². The summed E-state index contributed by atoms with van der Waals surface area (Å²) in [6, 6.07) is 7.23. The fraction of sp³-hybridized carbons (Fsp3) is 0.214. The smallest absolute Gasteiger partial charge is 0.349 e. The zero-order valence-corrected chi connectivity index (χ0v) is 12.7. The quantitative estimate of drug-likeness (QED) is 0.877. The van der Waals surface area contributed by atoms with E-state index in [1.54, 1.807) is 12.1 Å². The summed E-state index contributed by atoms with van der Waals surface area (Å²) in [7, 11) is 5.11. The molecule has 1 aromatic carbocycles. The van der Waals surface area contributed by atoms with Crippen molar-refractivity contribution < 1.29 is 14.3 Å². The van der Waals surface area contributed by atoms with Crippen molar-refractivity contribution in [3.05, 3.63) is 40.9 Å². The molecule has 0 unspecified atom stereocenters. The summed E-state index contributed by atoms with van der Waals surface area (Å²) in [4.78, 5) is 29.7. The molecule has 1 N–H and O–H groups in total. The van der Waals surface area contributed by atoms with E-state index >= 15 is 0 Å². The third kappa shape index (κ3) is 3.57. The molecule has 0 atom stereocenters. The number of thiazole rings is 1. The Morgan fingerprint density at radius 2 is 2.10 bits per heavy atom. The topological polar surface area (TPSA) is 71.5 Å². The van der Waals surface area contributed by atoms with E-state index in [1.165, 1.54) is 13.3 Å². The standard InChI is InChI=1S/C14H15N3O3S/c1-17(2)10-6-4-5-9(7-10)12(18)16-14-15-8-11(21-14)13(19)20-3/h4-8H,1-3H3,(H,15,16,18). The second-order valence-electron chi connectivity index (χ2n) is 4.42. The number of aromatic nitrogens is 1. The highest BCUT2D eigenvalue weighted by atomic mass is 32.1. The molecule has 2 aromatic rings. The first-order chi connectivity index (χ1) is 10.0. The van der Waals surface area contributed by atoms with E-state index in [-0.39, 0.29) is 5.91 Å². The van der Waals surface area contributed by atoms with Gasteiger partial charge in [-0.2, -0.15) is 0 Å². The molecule has 0 spiro atoms. The summed E-state index contributed by atoms with van der Waals surface area (Å²) >= 11 is 1.07. The van der Waals surface area contributed by atoms with Crippen LogP contribution in [-0.4, -0.2) is 38.1 Å². The molecule has 0 aliphatic heterocycles. The number of nitrogens with zero attached hydrogens (tertiary/aromatic N) is 2. The fourth-order valence-corrected chi connectivity index (χ4v) is 2.35. The number of nitrogens with one attached hydrogen (secondary N) is 1. The molecule has 0 saturated heterocycles. The minimum absolute atomic E-state index is 0.274.